The number of anilines is 1. The third kappa shape index (κ3) is 5.57. The minimum Gasteiger partial charge on any atom is -0.482 e. The molecule has 0 atom stereocenters. The zero-order valence-corrected chi connectivity index (χ0v) is 18.8. The van der Waals surface area contributed by atoms with E-state index in [9.17, 15) is 23.3 Å². The van der Waals surface area contributed by atoms with Gasteiger partial charge in [0.15, 0.2) is 16.4 Å². The third-order valence-corrected chi connectivity index (χ3v) is 6.45. The van der Waals surface area contributed by atoms with Gasteiger partial charge >= 0.3 is 0 Å². The molecule has 0 aliphatic carbocycles. The minimum absolute atomic E-state index is 0.117. The van der Waals surface area contributed by atoms with Crippen LogP contribution in [0.2, 0.25) is 10.0 Å². The van der Waals surface area contributed by atoms with Crippen molar-refractivity contribution >= 4 is 50.3 Å². The lowest BCUT2D eigenvalue weighted by Gasteiger charge is -2.35. The number of benzene rings is 2. The van der Waals surface area contributed by atoms with E-state index in [0.717, 1.165) is 12.3 Å². The van der Waals surface area contributed by atoms with Crippen molar-refractivity contribution in [3.05, 3.63) is 56.6 Å². The monoisotopic (exact) mass is 487 g/mol. The van der Waals surface area contributed by atoms with Crippen molar-refractivity contribution in [2.75, 3.05) is 43.9 Å². The maximum absolute atomic E-state index is 12.5. The molecule has 2 aromatic carbocycles. The Labute approximate surface area is 189 Å². The number of rotatable bonds is 6. The Morgan fingerprint density at radius 1 is 1.13 bits per heavy atom. The highest BCUT2D eigenvalue weighted by molar-refractivity contribution is 7.90. The Kier molecular flexibility index (Phi) is 6.93. The van der Waals surface area contributed by atoms with Gasteiger partial charge in [-0.05, 0) is 24.3 Å². The van der Waals surface area contributed by atoms with Crippen LogP contribution in [0.25, 0.3) is 0 Å². The van der Waals surface area contributed by atoms with Crippen LogP contribution in [-0.2, 0) is 14.6 Å². The molecule has 31 heavy (non-hydrogen) atoms. The average molecular weight is 488 g/mol. The summed E-state index contributed by atoms with van der Waals surface area (Å²) in [5.41, 5.74) is 0.0214. The highest BCUT2D eigenvalue weighted by Gasteiger charge is 2.27. The quantitative estimate of drug-likeness (QED) is 0.454. The van der Waals surface area contributed by atoms with Crippen LogP contribution < -0.4 is 9.64 Å². The molecule has 1 aliphatic rings. The fourth-order valence-corrected chi connectivity index (χ4v) is 4.14. The summed E-state index contributed by atoms with van der Waals surface area (Å²) in [7, 11) is -3.57. The summed E-state index contributed by atoms with van der Waals surface area (Å²) < 4.78 is 28.9. The molecule has 1 amide bonds. The highest BCUT2D eigenvalue weighted by atomic mass is 35.5. The predicted octanol–water partition coefficient (Wildman–Crippen LogP) is 3.03. The molecule has 0 saturated carbocycles. The summed E-state index contributed by atoms with van der Waals surface area (Å²) >= 11 is 11.9. The number of halogens is 2. The van der Waals surface area contributed by atoms with E-state index >= 15 is 0 Å². The molecule has 0 radical (unpaired) electrons. The van der Waals surface area contributed by atoms with Crippen LogP contribution in [0, 0.1) is 10.1 Å². The standard InChI is InChI=1S/C19H19Cl2N3O6S/c1-31(28,29)14-3-5-16(17(11-14)24(26)27)22-6-8-23(9-7-22)19(25)12-30-18-10-13(20)2-4-15(18)21/h2-5,10-11H,6-9,12H2,1H3. The number of nitro groups is 1. The van der Waals surface area contributed by atoms with E-state index in [1.165, 1.54) is 18.2 Å². The summed E-state index contributed by atoms with van der Waals surface area (Å²) in [6, 6.07) is 8.54. The number of carbonyl (C=O) groups excluding carboxylic acids is 1. The van der Waals surface area contributed by atoms with Gasteiger partial charge in [0.2, 0.25) is 0 Å². The van der Waals surface area contributed by atoms with Gasteiger partial charge in [-0.3, -0.25) is 14.9 Å². The van der Waals surface area contributed by atoms with Gasteiger partial charge in [-0.1, -0.05) is 23.2 Å². The second-order valence-electron chi connectivity index (χ2n) is 6.91. The molecule has 12 heteroatoms. The van der Waals surface area contributed by atoms with Gasteiger partial charge in [0.1, 0.15) is 11.4 Å². The van der Waals surface area contributed by atoms with E-state index in [1.807, 2.05) is 0 Å². The van der Waals surface area contributed by atoms with E-state index in [1.54, 1.807) is 21.9 Å². The first-order valence-electron chi connectivity index (χ1n) is 9.15. The van der Waals surface area contributed by atoms with Crippen LogP contribution >= 0.6 is 23.2 Å². The highest BCUT2D eigenvalue weighted by Crippen LogP contribution is 2.32. The van der Waals surface area contributed by atoms with Crippen LogP contribution in [0.4, 0.5) is 11.4 Å². The van der Waals surface area contributed by atoms with Gasteiger partial charge < -0.3 is 14.5 Å². The maximum Gasteiger partial charge on any atom is 0.293 e. The van der Waals surface area contributed by atoms with Gasteiger partial charge in [0.25, 0.3) is 11.6 Å². The SMILES string of the molecule is CS(=O)(=O)c1ccc(N2CCN(C(=O)COc3cc(Cl)ccc3Cl)CC2)c([N+](=O)[O-])c1. The minimum atomic E-state index is -3.57. The molecule has 0 aromatic heterocycles. The van der Waals surface area contributed by atoms with Crippen LogP contribution in [-0.4, -0.2) is 63.2 Å². The van der Waals surface area contributed by atoms with E-state index in [2.05, 4.69) is 0 Å². The second-order valence-corrected chi connectivity index (χ2v) is 9.77. The number of hydrogen-bond acceptors (Lipinski definition) is 7. The molecule has 1 aliphatic heterocycles. The molecule has 2 aromatic rings. The van der Waals surface area contributed by atoms with Gasteiger partial charge in [-0.15, -0.1) is 0 Å². The molecule has 1 fully saturated rings. The van der Waals surface area contributed by atoms with Gasteiger partial charge in [0.05, 0.1) is 14.8 Å². The van der Waals surface area contributed by atoms with E-state index < -0.39 is 14.8 Å². The number of amides is 1. The first-order valence-corrected chi connectivity index (χ1v) is 11.8. The van der Waals surface area contributed by atoms with Crippen molar-refractivity contribution in [3.8, 4) is 5.75 Å². The maximum atomic E-state index is 12.5. The molecular weight excluding hydrogens is 469 g/mol. The van der Waals surface area contributed by atoms with E-state index in [-0.39, 0.29) is 23.1 Å². The zero-order chi connectivity index (χ0) is 22.8. The summed E-state index contributed by atoms with van der Waals surface area (Å²) in [6.07, 6.45) is 0.995. The third-order valence-electron chi connectivity index (χ3n) is 4.79. The normalized spacial score (nSPS) is 14.4. The first-order chi connectivity index (χ1) is 14.6. The average Bonchev–Trinajstić information content (AvgIpc) is 2.73. The fraction of sp³-hybridized carbons (Fsp3) is 0.316. The number of ether oxygens (including phenoxy) is 1. The molecule has 166 valence electrons. The Hall–Kier alpha value is -2.56. The van der Waals surface area contributed by atoms with Crippen LogP contribution in [0.5, 0.6) is 5.75 Å². The van der Waals surface area contributed by atoms with Crippen molar-refractivity contribution in [2.24, 2.45) is 0 Å². The molecular formula is C19H19Cl2N3O6S. The van der Waals surface area contributed by atoms with Crippen molar-refractivity contribution < 1.29 is 22.9 Å². The molecule has 0 unspecified atom stereocenters. The van der Waals surface area contributed by atoms with Crippen LogP contribution in [0.3, 0.4) is 0 Å². The summed E-state index contributed by atoms with van der Waals surface area (Å²) in [5.74, 6) is 0.0559. The Balaban J connectivity index is 1.64. The predicted molar refractivity (Wildman–Crippen MR) is 117 cm³/mol. The molecule has 1 saturated heterocycles. The molecule has 0 bridgehead atoms. The lowest BCUT2D eigenvalue weighted by Crippen LogP contribution is -2.50. The fourth-order valence-electron chi connectivity index (χ4n) is 3.16. The summed E-state index contributed by atoms with van der Waals surface area (Å²) in [6.45, 7) is 1.14. The van der Waals surface area contributed by atoms with Gasteiger partial charge in [-0.2, -0.15) is 0 Å². The Bertz CT molecular complexity index is 1120. The van der Waals surface area contributed by atoms with Gasteiger partial charge in [0, 0.05) is 49.6 Å². The number of sulfone groups is 1. The molecule has 3 rings (SSSR count). The smallest absolute Gasteiger partial charge is 0.293 e. The topological polar surface area (TPSA) is 110 Å². The first kappa shape index (κ1) is 23.1. The summed E-state index contributed by atoms with van der Waals surface area (Å²) in [4.78, 5) is 26.6. The van der Waals surface area contributed by atoms with Crippen molar-refractivity contribution in [1.29, 1.82) is 0 Å². The number of carbonyl (C=O) groups is 1. The van der Waals surface area contributed by atoms with Crippen molar-refractivity contribution in [1.82, 2.24) is 4.90 Å². The van der Waals surface area contributed by atoms with E-state index in [4.69, 9.17) is 27.9 Å². The number of piperazine rings is 1. The number of nitrogens with zero attached hydrogens (tertiary/aromatic N) is 3. The zero-order valence-electron chi connectivity index (χ0n) is 16.5. The summed E-state index contributed by atoms with van der Waals surface area (Å²) in [5, 5.41) is 12.2. The van der Waals surface area contributed by atoms with E-state index in [0.29, 0.717) is 47.7 Å². The lowest BCUT2D eigenvalue weighted by molar-refractivity contribution is -0.384. The van der Waals surface area contributed by atoms with Crippen molar-refractivity contribution in [3.63, 3.8) is 0 Å². The molecule has 1 heterocycles. The Morgan fingerprint density at radius 2 is 1.81 bits per heavy atom. The van der Waals surface area contributed by atoms with Crippen LogP contribution in [0.1, 0.15) is 0 Å². The van der Waals surface area contributed by atoms with Crippen molar-refractivity contribution in [2.45, 2.75) is 4.90 Å². The largest absolute Gasteiger partial charge is 0.482 e. The Morgan fingerprint density at radius 3 is 2.42 bits per heavy atom. The van der Waals surface area contributed by atoms with Gasteiger partial charge in [-0.25, -0.2) is 8.42 Å². The number of hydrogen-bond donors (Lipinski definition) is 0. The number of nitro benzene ring substituents is 1. The second kappa shape index (κ2) is 9.29. The molecule has 0 N–H and O–H groups in total. The van der Waals surface area contributed by atoms with Crippen LogP contribution in [0.15, 0.2) is 41.3 Å². The molecule has 9 nitrogen and oxygen atoms in total. The molecule has 0 spiro atoms. The lowest BCUT2D eigenvalue weighted by atomic mass is 10.2.